The number of ether oxygens (including phenoxy) is 2. The van der Waals surface area contributed by atoms with Gasteiger partial charge in [-0.1, -0.05) is 87.2 Å². The predicted octanol–water partition coefficient (Wildman–Crippen LogP) is 8.40. The Hall–Kier alpha value is -2.59. The molecule has 5 heteroatoms. The van der Waals surface area contributed by atoms with E-state index in [0.29, 0.717) is 46.6 Å². The lowest BCUT2D eigenvalue weighted by molar-refractivity contribution is -0.135. The number of carbonyl (C=O) groups is 2. The molecule has 0 saturated heterocycles. The SMILES string of the molecule is O=C(CCC1CCCC1)Oc1c2ccccc2c(OC(=O)CCC2CCCC2)c2cc(Cl)ccc12. The van der Waals surface area contributed by atoms with Crippen molar-refractivity contribution in [3.8, 4) is 11.5 Å². The minimum atomic E-state index is -0.232. The lowest BCUT2D eigenvalue weighted by Crippen LogP contribution is -2.12. The molecular formula is C30H33ClO4. The van der Waals surface area contributed by atoms with Crippen LogP contribution in [0.2, 0.25) is 5.02 Å². The molecule has 0 radical (unpaired) electrons. The van der Waals surface area contributed by atoms with Gasteiger partial charge in [-0.25, -0.2) is 0 Å². The number of hydrogen-bond donors (Lipinski definition) is 0. The Kier molecular flexibility index (Phi) is 7.57. The predicted molar refractivity (Wildman–Crippen MR) is 140 cm³/mol. The van der Waals surface area contributed by atoms with Crippen LogP contribution in [0.3, 0.4) is 0 Å². The number of halogens is 1. The van der Waals surface area contributed by atoms with Crippen molar-refractivity contribution in [2.24, 2.45) is 11.8 Å². The number of fused-ring (bicyclic) bond motifs is 2. The zero-order chi connectivity index (χ0) is 24.2. The summed E-state index contributed by atoms with van der Waals surface area (Å²) in [4.78, 5) is 25.7. The molecule has 0 amide bonds. The molecule has 2 aliphatic rings. The number of hydrogen-bond acceptors (Lipinski definition) is 4. The van der Waals surface area contributed by atoms with E-state index < -0.39 is 0 Å². The topological polar surface area (TPSA) is 52.6 Å². The van der Waals surface area contributed by atoms with Crippen molar-refractivity contribution in [3.05, 3.63) is 47.5 Å². The maximum Gasteiger partial charge on any atom is 0.311 e. The number of rotatable bonds is 8. The van der Waals surface area contributed by atoms with Crippen molar-refractivity contribution in [1.29, 1.82) is 0 Å². The van der Waals surface area contributed by atoms with E-state index in [1.807, 2.05) is 30.3 Å². The van der Waals surface area contributed by atoms with Gasteiger partial charge in [0.2, 0.25) is 0 Å². The molecule has 2 fully saturated rings. The van der Waals surface area contributed by atoms with Crippen LogP contribution in [0.15, 0.2) is 42.5 Å². The first-order valence-corrected chi connectivity index (χ1v) is 13.5. The van der Waals surface area contributed by atoms with E-state index in [9.17, 15) is 9.59 Å². The third kappa shape index (κ3) is 5.64. The molecule has 0 bridgehead atoms. The molecule has 184 valence electrons. The zero-order valence-corrected chi connectivity index (χ0v) is 20.9. The fourth-order valence-electron chi connectivity index (χ4n) is 5.86. The van der Waals surface area contributed by atoms with Crippen LogP contribution in [0.1, 0.15) is 77.0 Å². The van der Waals surface area contributed by atoms with Crippen molar-refractivity contribution >= 4 is 45.1 Å². The van der Waals surface area contributed by atoms with E-state index in [4.69, 9.17) is 21.1 Å². The highest BCUT2D eigenvalue weighted by atomic mass is 35.5. The van der Waals surface area contributed by atoms with Crippen LogP contribution in [-0.2, 0) is 9.59 Å². The van der Waals surface area contributed by atoms with Crippen LogP contribution in [0.25, 0.3) is 21.5 Å². The summed E-state index contributed by atoms with van der Waals surface area (Å²) in [7, 11) is 0. The number of esters is 2. The van der Waals surface area contributed by atoms with E-state index in [0.717, 1.165) is 29.0 Å². The zero-order valence-electron chi connectivity index (χ0n) is 20.2. The van der Waals surface area contributed by atoms with Crippen LogP contribution >= 0.6 is 11.6 Å². The van der Waals surface area contributed by atoms with E-state index in [-0.39, 0.29) is 11.9 Å². The van der Waals surface area contributed by atoms with Gasteiger partial charge in [0.05, 0.1) is 0 Å². The van der Waals surface area contributed by atoms with Crippen molar-refractivity contribution in [2.75, 3.05) is 0 Å². The lowest BCUT2D eigenvalue weighted by atomic mass is 10.00. The van der Waals surface area contributed by atoms with Gasteiger partial charge >= 0.3 is 11.9 Å². The molecule has 0 N–H and O–H groups in total. The molecule has 4 nitrogen and oxygen atoms in total. The average molecular weight is 493 g/mol. The van der Waals surface area contributed by atoms with Crippen LogP contribution in [0.4, 0.5) is 0 Å². The Morgan fingerprint density at radius 2 is 1.14 bits per heavy atom. The summed E-state index contributed by atoms with van der Waals surface area (Å²) in [5, 5.41) is 3.45. The molecule has 3 aromatic rings. The van der Waals surface area contributed by atoms with Crippen LogP contribution in [0, 0.1) is 11.8 Å². The molecule has 2 saturated carbocycles. The molecule has 0 aromatic heterocycles. The Bertz CT molecular complexity index is 1220. The van der Waals surface area contributed by atoms with Gasteiger partial charge in [-0.3, -0.25) is 9.59 Å². The molecule has 0 heterocycles. The molecule has 0 atom stereocenters. The highest BCUT2D eigenvalue weighted by molar-refractivity contribution is 6.31. The summed E-state index contributed by atoms with van der Waals surface area (Å²) < 4.78 is 12.0. The van der Waals surface area contributed by atoms with Gasteiger partial charge in [0.1, 0.15) is 11.5 Å². The fourth-order valence-corrected chi connectivity index (χ4v) is 6.04. The largest absolute Gasteiger partial charge is 0.425 e. The van der Waals surface area contributed by atoms with E-state index in [1.165, 1.54) is 51.4 Å². The van der Waals surface area contributed by atoms with Gasteiger partial charge in [-0.2, -0.15) is 0 Å². The highest BCUT2D eigenvalue weighted by Gasteiger charge is 2.23. The Balaban J connectivity index is 1.45. The first-order chi connectivity index (χ1) is 17.1. The standard InChI is InChI=1S/C30H33ClO4/c31-22-15-16-25-26(19-22)30(35-28(33)18-14-21-9-3-4-10-21)24-12-6-5-11-23(24)29(25)34-27(32)17-13-20-7-1-2-8-20/h5-6,11-12,15-16,19-21H,1-4,7-10,13-14,17-18H2. The van der Waals surface area contributed by atoms with Gasteiger partial charge < -0.3 is 9.47 Å². The third-order valence-electron chi connectivity index (χ3n) is 7.78. The van der Waals surface area contributed by atoms with Crippen LogP contribution < -0.4 is 9.47 Å². The van der Waals surface area contributed by atoms with Gasteiger partial charge in [0, 0.05) is 39.4 Å². The molecule has 3 aromatic carbocycles. The van der Waals surface area contributed by atoms with Crippen molar-refractivity contribution in [2.45, 2.75) is 77.0 Å². The van der Waals surface area contributed by atoms with E-state index >= 15 is 0 Å². The second-order valence-corrected chi connectivity index (χ2v) is 10.7. The molecule has 0 unspecified atom stereocenters. The van der Waals surface area contributed by atoms with E-state index in [1.54, 1.807) is 12.1 Å². The second-order valence-electron chi connectivity index (χ2n) is 10.2. The molecule has 0 spiro atoms. The summed E-state index contributed by atoms with van der Waals surface area (Å²) >= 11 is 6.36. The van der Waals surface area contributed by atoms with Gasteiger partial charge in [-0.15, -0.1) is 0 Å². The normalized spacial score (nSPS) is 16.8. The van der Waals surface area contributed by atoms with Crippen LogP contribution in [0.5, 0.6) is 11.5 Å². The number of carbonyl (C=O) groups excluding carboxylic acids is 2. The van der Waals surface area contributed by atoms with Gasteiger partial charge in [0.15, 0.2) is 0 Å². The average Bonchev–Trinajstić information content (AvgIpc) is 3.58. The Morgan fingerprint density at radius 3 is 1.66 bits per heavy atom. The summed E-state index contributed by atoms with van der Waals surface area (Å²) in [5.74, 6) is 1.79. The minimum Gasteiger partial charge on any atom is -0.425 e. The molecule has 5 rings (SSSR count). The maximum atomic E-state index is 12.9. The Morgan fingerprint density at radius 1 is 0.686 bits per heavy atom. The fraction of sp³-hybridized carbons (Fsp3) is 0.467. The molecule has 35 heavy (non-hydrogen) atoms. The summed E-state index contributed by atoms with van der Waals surface area (Å²) in [6.45, 7) is 0. The Labute approximate surface area is 211 Å². The molecule has 0 aliphatic heterocycles. The number of benzene rings is 3. The quantitative estimate of drug-likeness (QED) is 0.180. The van der Waals surface area contributed by atoms with Crippen molar-refractivity contribution in [3.63, 3.8) is 0 Å². The molecular weight excluding hydrogens is 460 g/mol. The maximum absolute atomic E-state index is 12.9. The smallest absolute Gasteiger partial charge is 0.311 e. The lowest BCUT2D eigenvalue weighted by Gasteiger charge is -2.17. The molecule has 2 aliphatic carbocycles. The summed E-state index contributed by atoms with van der Waals surface area (Å²) in [6.07, 6.45) is 12.4. The van der Waals surface area contributed by atoms with Gasteiger partial charge in [0.25, 0.3) is 0 Å². The second kappa shape index (κ2) is 11.0. The van der Waals surface area contributed by atoms with Crippen LogP contribution in [-0.4, -0.2) is 11.9 Å². The first-order valence-electron chi connectivity index (χ1n) is 13.1. The van der Waals surface area contributed by atoms with E-state index in [2.05, 4.69) is 0 Å². The van der Waals surface area contributed by atoms with Gasteiger partial charge in [-0.05, 0) is 42.9 Å². The monoisotopic (exact) mass is 492 g/mol. The minimum absolute atomic E-state index is 0.223. The first kappa shape index (κ1) is 24.1. The van der Waals surface area contributed by atoms with Crippen molar-refractivity contribution in [1.82, 2.24) is 0 Å². The third-order valence-corrected chi connectivity index (χ3v) is 8.02. The van der Waals surface area contributed by atoms with Crippen molar-refractivity contribution < 1.29 is 19.1 Å². The summed E-state index contributed by atoms with van der Waals surface area (Å²) in [6, 6.07) is 13.1. The summed E-state index contributed by atoms with van der Waals surface area (Å²) in [5.41, 5.74) is 0. The highest BCUT2D eigenvalue weighted by Crippen LogP contribution is 2.44.